The molecule has 2 aromatic carbocycles. The van der Waals surface area contributed by atoms with Crippen LogP contribution in [0.2, 0.25) is 0 Å². The molecular weight excluding hydrogens is 424 g/mol. The SMILES string of the molecule is COCCC(=O)N[C@@H](CCN1C2CCC1CC(n1c(C)nc3ccccc31)C2)c1ccccc1. The summed E-state index contributed by atoms with van der Waals surface area (Å²) in [4.78, 5) is 20.0. The van der Waals surface area contributed by atoms with E-state index in [0.717, 1.165) is 24.3 Å². The van der Waals surface area contributed by atoms with Crippen LogP contribution >= 0.6 is 0 Å². The van der Waals surface area contributed by atoms with Crippen LogP contribution in [0.25, 0.3) is 11.0 Å². The molecule has 1 aromatic heterocycles. The number of hydrogen-bond acceptors (Lipinski definition) is 4. The number of nitrogens with zero attached hydrogens (tertiary/aromatic N) is 3. The quantitative estimate of drug-likeness (QED) is 0.498. The maximum atomic E-state index is 12.5. The van der Waals surface area contributed by atoms with Gasteiger partial charge in [-0.3, -0.25) is 9.69 Å². The molecule has 2 saturated heterocycles. The molecule has 2 unspecified atom stereocenters. The fraction of sp³-hybridized carbons (Fsp3) is 0.500. The molecule has 2 aliphatic heterocycles. The normalized spacial score (nSPS) is 23.3. The Bertz CT molecular complexity index is 1100. The molecule has 1 N–H and O–H groups in total. The number of carbonyl (C=O) groups is 1. The summed E-state index contributed by atoms with van der Waals surface area (Å²) in [7, 11) is 1.63. The number of imidazole rings is 1. The van der Waals surface area contributed by atoms with Crippen molar-refractivity contribution in [3.05, 3.63) is 66.0 Å². The highest BCUT2D eigenvalue weighted by Gasteiger charge is 2.41. The van der Waals surface area contributed by atoms with Gasteiger partial charge in [0, 0.05) is 38.2 Å². The average Bonchev–Trinajstić information content (AvgIpc) is 3.31. The molecule has 0 spiro atoms. The maximum Gasteiger partial charge on any atom is 0.222 e. The van der Waals surface area contributed by atoms with Crippen LogP contribution in [-0.4, -0.2) is 52.7 Å². The van der Waals surface area contributed by atoms with E-state index in [2.05, 4.69) is 70.2 Å². The molecular formula is C28H36N4O2. The van der Waals surface area contributed by atoms with Crippen molar-refractivity contribution >= 4 is 16.9 Å². The summed E-state index contributed by atoms with van der Waals surface area (Å²) in [5.41, 5.74) is 3.54. The van der Waals surface area contributed by atoms with Crippen molar-refractivity contribution in [2.24, 2.45) is 0 Å². The minimum Gasteiger partial charge on any atom is -0.384 e. The van der Waals surface area contributed by atoms with Crippen molar-refractivity contribution in [3.63, 3.8) is 0 Å². The summed E-state index contributed by atoms with van der Waals surface area (Å²) < 4.78 is 7.58. The first-order chi connectivity index (χ1) is 16.6. The lowest BCUT2D eigenvalue weighted by molar-refractivity contribution is -0.122. The average molecular weight is 461 g/mol. The van der Waals surface area contributed by atoms with Crippen molar-refractivity contribution in [1.29, 1.82) is 0 Å². The summed E-state index contributed by atoms with van der Waals surface area (Å²) in [5.74, 6) is 1.18. The van der Waals surface area contributed by atoms with Crippen molar-refractivity contribution < 1.29 is 9.53 Å². The summed E-state index contributed by atoms with van der Waals surface area (Å²) in [6.07, 6.45) is 6.20. The number of para-hydroxylation sites is 2. The van der Waals surface area contributed by atoms with Gasteiger partial charge in [0.15, 0.2) is 0 Å². The Morgan fingerprint density at radius 3 is 2.50 bits per heavy atom. The molecule has 6 heteroatoms. The largest absolute Gasteiger partial charge is 0.384 e. The zero-order chi connectivity index (χ0) is 23.5. The smallest absolute Gasteiger partial charge is 0.222 e. The molecule has 0 aliphatic carbocycles. The number of rotatable bonds is 9. The third-order valence-electron chi connectivity index (χ3n) is 7.74. The van der Waals surface area contributed by atoms with Crippen molar-refractivity contribution in [2.45, 2.75) is 69.6 Å². The number of ether oxygens (including phenoxy) is 1. The van der Waals surface area contributed by atoms with Gasteiger partial charge in [-0.1, -0.05) is 42.5 Å². The number of nitrogens with one attached hydrogen (secondary N) is 1. The van der Waals surface area contributed by atoms with E-state index in [0.29, 0.717) is 31.2 Å². The molecule has 34 heavy (non-hydrogen) atoms. The number of methoxy groups -OCH3 is 1. The van der Waals surface area contributed by atoms with Crippen LogP contribution in [0, 0.1) is 6.92 Å². The number of aromatic nitrogens is 2. The molecule has 6 nitrogen and oxygen atoms in total. The van der Waals surface area contributed by atoms with Crippen LogP contribution < -0.4 is 5.32 Å². The standard InChI is InChI=1S/C28H36N4O2/c1-20-29-26-10-6-7-11-27(26)32(20)24-18-22-12-13-23(19-24)31(22)16-14-25(21-8-4-3-5-9-21)30-28(33)15-17-34-2/h3-11,22-25H,12-19H2,1-2H3,(H,30,33)/t22?,23?,24?,25-/m0/s1. The Labute approximate surface area is 202 Å². The molecule has 0 radical (unpaired) electrons. The molecule has 0 saturated carbocycles. The summed E-state index contributed by atoms with van der Waals surface area (Å²) in [5, 5.41) is 3.26. The third-order valence-corrected chi connectivity index (χ3v) is 7.74. The van der Waals surface area contributed by atoms with Gasteiger partial charge in [-0.25, -0.2) is 4.98 Å². The monoisotopic (exact) mass is 460 g/mol. The molecule has 3 aromatic rings. The van der Waals surface area contributed by atoms with Gasteiger partial charge >= 0.3 is 0 Å². The van der Waals surface area contributed by atoms with Crippen molar-refractivity contribution in [2.75, 3.05) is 20.3 Å². The van der Waals surface area contributed by atoms with Gasteiger partial charge in [0.1, 0.15) is 5.82 Å². The second-order valence-corrected chi connectivity index (χ2v) is 9.83. The predicted molar refractivity (Wildman–Crippen MR) is 135 cm³/mol. The summed E-state index contributed by atoms with van der Waals surface area (Å²) in [6.45, 7) is 3.61. The van der Waals surface area contributed by atoms with Gasteiger partial charge in [0.25, 0.3) is 0 Å². The summed E-state index contributed by atoms with van der Waals surface area (Å²) in [6, 6.07) is 20.6. The molecule has 5 rings (SSSR count). The van der Waals surface area contributed by atoms with E-state index >= 15 is 0 Å². The van der Waals surface area contributed by atoms with Crippen LogP contribution in [0.5, 0.6) is 0 Å². The minimum atomic E-state index is 0.0301. The lowest BCUT2D eigenvalue weighted by Crippen LogP contribution is -2.45. The van der Waals surface area contributed by atoms with Gasteiger partial charge in [-0.15, -0.1) is 0 Å². The molecule has 2 aliphatic rings. The van der Waals surface area contributed by atoms with E-state index in [1.54, 1.807) is 7.11 Å². The number of carbonyl (C=O) groups excluding carboxylic acids is 1. The van der Waals surface area contributed by atoms with Gasteiger partial charge < -0.3 is 14.6 Å². The van der Waals surface area contributed by atoms with Crippen LogP contribution in [0.1, 0.15) is 62.0 Å². The highest BCUT2D eigenvalue weighted by atomic mass is 16.5. The first-order valence-electron chi connectivity index (χ1n) is 12.7. The van der Waals surface area contributed by atoms with Gasteiger partial charge in [0.2, 0.25) is 5.91 Å². The van der Waals surface area contributed by atoms with Crippen LogP contribution in [0.4, 0.5) is 0 Å². The highest BCUT2D eigenvalue weighted by Crippen LogP contribution is 2.42. The third kappa shape index (κ3) is 4.75. The van der Waals surface area contributed by atoms with E-state index in [4.69, 9.17) is 9.72 Å². The molecule has 3 heterocycles. The number of aryl methyl sites for hydroxylation is 1. The van der Waals surface area contributed by atoms with Gasteiger partial charge in [0.05, 0.1) is 23.7 Å². The lowest BCUT2D eigenvalue weighted by Gasteiger charge is -2.40. The highest BCUT2D eigenvalue weighted by molar-refractivity contribution is 5.76. The molecule has 2 bridgehead atoms. The van der Waals surface area contributed by atoms with E-state index in [-0.39, 0.29) is 11.9 Å². The van der Waals surface area contributed by atoms with Crippen LogP contribution in [0.3, 0.4) is 0 Å². The Morgan fingerprint density at radius 1 is 1.06 bits per heavy atom. The number of piperidine rings is 1. The Balaban J connectivity index is 1.27. The van der Waals surface area contributed by atoms with Crippen LogP contribution in [-0.2, 0) is 9.53 Å². The Hall–Kier alpha value is -2.70. The fourth-order valence-corrected chi connectivity index (χ4v) is 6.19. The maximum absolute atomic E-state index is 12.5. The predicted octanol–water partition coefficient (Wildman–Crippen LogP) is 4.80. The second kappa shape index (κ2) is 10.3. The topological polar surface area (TPSA) is 59.4 Å². The molecule has 2 fully saturated rings. The van der Waals surface area contributed by atoms with Gasteiger partial charge in [-0.2, -0.15) is 0 Å². The van der Waals surface area contributed by atoms with Crippen molar-refractivity contribution in [1.82, 2.24) is 19.8 Å². The van der Waals surface area contributed by atoms with E-state index in [9.17, 15) is 4.79 Å². The lowest BCUT2D eigenvalue weighted by atomic mass is 9.95. The zero-order valence-electron chi connectivity index (χ0n) is 20.3. The Morgan fingerprint density at radius 2 is 1.76 bits per heavy atom. The minimum absolute atomic E-state index is 0.0301. The van der Waals surface area contributed by atoms with E-state index in [1.807, 2.05) is 6.07 Å². The number of amides is 1. The van der Waals surface area contributed by atoms with E-state index < -0.39 is 0 Å². The number of benzene rings is 2. The Kier molecular flexibility index (Phi) is 6.97. The van der Waals surface area contributed by atoms with Gasteiger partial charge in [-0.05, 0) is 56.7 Å². The second-order valence-electron chi connectivity index (χ2n) is 9.83. The first-order valence-corrected chi connectivity index (χ1v) is 12.7. The van der Waals surface area contributed by atoms with Crippen molar-refractivity contribution in [3.8, 4) is 0 Å². The molecule has 180 valence electrons. The fourth-order valence-electron chi connectivity index (χ4n) is 6.19. The number of hydrogen-bond donors (Lipinski definition) is 1. The zero-order valence-corrected chi connectivity index (χ0v) is 20.3. The molecule has 1 amide bonds. The number of fused-ring (bicyclic) bond motifs is 3. The molecule has 3 atom stereocenters. The first kappa shape index (κ1) is 23.1. The van der Waals surface area contributed by atoms with E-state index in [1.165, 1.54) is 36.8 Å². The summed E-state index contributed by atoms with van der Waals surface area (Å²) >= 11 is 0. The van der Waals surface area contributed by atoms with Crippen LogP contribution in [0.15, 0.2) is 54.6 Å².